The molecule has 0 saturated carbocycles. The van der Waals surface area contributed by atoms with Crippen molar-refractivity contribution < 1.29 is 19.1 Å². The number of rotatable bonds is 8. The van der Waals surface area contributed by atoms with Gasteiger partial charge < -0.3 is 15.0 Å². The molecule has 0 fully saturated rings. The molecule has 0 aromatic carbocycles. The normalized spacial score (nSPS) is 12.8. The third-order valence-corrected chi connectivity index (χ3v) is 2.88. The first-order valence-corrected chi connectivity index (χ1v) is 6.63. The second kappa shape index (κ2) is 9.12. The molecule has 0 aromatic heterocycles. The van der Waals surface area contributed by atoms with Gasteiger partial charge in [0, 0.05) is 12.6 Å². The minimum Gasteiger partial charge on any atom is -0.463 e. The Kier molecular flexibility index (Phi) is 8.27. The molecule has 0 bridgehead atoms. The molecule has 0 rings (SSSR count). The molecule has 2 amide bonds. The third kappa shape index (κ3) is 5.86. The summed E-state index contributed by atoms with van der Waals surface area (Å²) >= 11 is 0. The van der Waals surface area contributed by atoms with Crippen LogP contribution in [0.4, 0.5) is 0 Å². The first kappa shape index (κ1) is 18.1. The van der Waals surface area contributed by atoms with Gasteiger partial charge in [-0.3, -0.25) is 9.59 Å². The van der Waals surface area contributed by atoms with Crippen molar-refractivity contribution in [2.45, 2.75) is 33.7 Å². The van der Waals surface area contributed by atoms with E-state index in [1.807, 2.05) is 13.8 Å². The van der Waals surface area contributed by atoms with Crippen LogP contribution in [0, 0.1) is 5.92 Å². The Labute approximate surface area is 120 Å². The predicted octanol–water partition coefficient (Wildman–Crippen LogP) is 0.725. The molecule has 0 aliphatic heterocycles. The SMILES string of the molecule is CCOC(=O)/C(C)=C/C(C(C)C)N(C)C(=O)CNC=O. The van der Waals surface area contributed by atoms with E-state index in [4.69, 9.17) is 4.74 Å². The zero-order valence-corrected chi connectivity index (χ0v) is 12.8. The molecule has 0 aliphatic rings. The standard InChI is InChI=1S/C14H24N2O4/c1-6-20-14(19)11(4)7-12(10(2)3)16(5)13(18)8-15-9-17/h7,9-10,12H,6,8H2,1-5H3,(H,15,17)/b11-7+. The monoisotopic (exact) mass is 284 g/mol. The van der Waals surface area contributed by atoms with Crippen molar-refractivity contribution in [3.05, 3.63) is 11.6 Å². The second-order valence-electron chi connectivity index (χ2n) is 4.81. The quantitative estimate of drug-likeness (QED) is 0.405. The van der Waals surface area contributed by atoms with E-state index in [1.54, 1.807) is 27.0 Å². The Morgan fingerprint density at radius 1 is 1.35 bits per heavy atom. The van der Waals surface area contributed by atoms with Crippen LogP contribution in [0.2, 0.25) is 0 Å². The van der Waals surface area contributed by atoms with Crippen LogP contribution in [0.5, 0.6) is 0 Å². The molecule has 6 nitrogen and oxygen atoms in total. The Bertz CT molecular complexity index is 377. The van der Waals surface area contributed by atoms with Crippen LogP contribution in [0.25, 0.3) is 0 Å². The van der Waals surface area contributed by atoms with Gasteiger partial charge >= 0.3 is 5.97 Å². The molecule has 0 spiro atoms. The van der Waals surface area contributed by atoms with Crippen LogP contribution >= 0.6 is 0 Å². The highest BCUT2D eigenvalue weighted by Gasteiger charge is 2.22. The highest BCUT2D eigenvalue weighted by Crippen LogP contribution is 2.14. The maximum Gasteiger partial charge on any atom is 0.333 e. The Morgan fingerprint density at radius 2 is 1.95 bits per heavy atom. The van der Waals surface area contributed by atoms with Crippen LogP contribution < -0.4 is 5.32 Å². The van der Waals surface area contributed by atoms with Gasteiger partial charge in [0.1, 0.15) is 0 Å². The minimum atomic E-state index is -0.384. The van der Waals surface area contributed by atoms with Gasteiger partial charge in [0.25, 0.3) is 0 Å². The molecular formula is C14H24N2O4. The van der Waals surface area contributed by atoms with Crippen LogP contribution in [-0.4, -0.2) is 49.4 Å². The number of hydrogen-bond donors (Lipinski definition) is 1. The first-order valence-electron chi connectivity index (χ1n) is 6.63. The van der Waals surface area contributed by atoms with E-state index in [0.717, 1.165) is 0 Å². The lowest BCUT2D eigenvalue weighted by Crippen LogP contribution is -2.43. The molecule has 0 aliphatic carbocycles. The minimum absolute atomic E-state index is 0.0600. The summed E-state index contributed by atoms with van der Waals surface area (Å²) in [5, 5.41) is 2.34. The average molecular weight is 284 g/mol. The molecule has 6 heteroatoms. The van der Waals surface area contributed by atoms with Crippen molar-refractivity contribution in [1.82, 2.24) is 10.2 Å². The first-order chi connectivity index (χ1) is 9.34. The van der Waals surface area contributed by atoms with E-state index in [1.165, 1.54) is 4.90 Å². The summed E-state index contributed by atoms with van der Waals surface area (Å²) in [5.74, 6) is -0.474. The smallest absolute Gasteiger partial charge is 0.333 e. The molecule has 114 valence electrons. The summed E-state index contributed by atoms with van der Waals surface area (Å²) in [6.07, 6.45) is 2.21. The van der Waals surface area contributed by atoms with Gasteiger partial charge in [0.05, 0.1) is 19.2 Å². The Morgan fingerprint density at radius 3 is 2.40 bits per heavy atom. The maximum absolute atomic E-state index is 11.9. The number of amides is 2. The van der Waals surface area contributed by atoms with Gasteiger partial charge in [-0.1, -0.05) is 19.9 Å². The number of carbonyl (C=O) groups is 3. The summed E-state index contributed by atoms with van der Waals surface area (Å²) < 4.78 is 4.92. The lowest BCUT2D eigenvalue weighted by molar-refractivity contribution is -0.138. The zero-order valence-electron chi connectivity index (χ0n) is 12.8. The molecule has 1 unspecified atom stereocenters. The van der Waals surface area contributed by atoms with Gasteiger partial charge in [-0.15, -0.1) is 0 Å². The summed E-state index contributed by atoms with van der Waals surface area (Å²) in [7, 11) is 1.65. The van der Waals surface area contributed by atoms with Gasteiger partial charge in [0.15, 0.2) is 0 Å². The fraction of sp³-hybridized carbons (Fsp3) is 0.643. The van der Waals surface area contributed by atoms with E-state index in [9.17, 15) is 14.4 Å². The molecule has 1 atom stereocenters. The van der Waals surface area contributed by atoms with E-state index < -0.39 is 0 Å². The van der Waals surface area contributed by atoms with Gasteiger partial charge in [-0.2, -0.15) is 0 Å². The molecule has 0 saturated heterocycles. The summed E-state index contributed by atoms with van der Waals surface area (Å²) in [4.78, 5) is 35.2. The number of likely N-dealkylation sites (N-methyl/N-ethyl adjacent to an activating group) is 1. The predicted molar refractivity (Wildman–Crippen MR) is 75.9 cm³/mol. The van der Waals surface area contributed by atoms with E-state index in [0.29, 0.717) is 18.6 Å². The van der Waals surface area contributed by atoms with Crippen LogP contribution in [0.1, 0.15) is 27.7 Å². The van der Waals surface area contributed by atoms with Gasteiger partial charge in [0.2, 0.25) is 12.3 Å². The van der Waals surface area contributed by atoms with Crippen molar-refractivity contribution >= 4 is 18.3 Å². The van der Waals surface area contributed by atoms with Crippen LogP contribution in [0.3, 0.4) is 0 Å². The lowest BCUT2D eigenvalue weighted by atomic mass is 10.00. The molecular weight excluding hydrogens is 260 g/mol. The fourth-order valence-corrected chi connectivity index (χ4v) is 1.74. The van der Waals surface area contributed by atoms with Gasteiger partial charge in [-0.05, 0) is 19.8 Å². The van der Waals surface area contributed by atoms with Crippen molar-refractivity contribution in [3.8, 4) is 0 Å². The fourth-order valence-electron chi connectivity index (χ4n) is 1.74. The second-order valence-corrected chi connectivity index (χ2v) is 4.81. The number of esters is 1. The lowest BCUT2D eigenvalue weighted by Gasteiger charge is -2.29. The molecule has 1 N–H and O–H groups in total. The molecule has 0 aromatic rings. The van der Waals surface area contributed by atoms with Crippen molar-refractivity contribution in [2.75, 3.05) is 20.2 Å². The van der Waals surface area contributed by atoms with Crippen molar-refractivity contribution in [3.63, 3.8) is 0 Å². The number of hydrogen-bond acceptors (Lipinski definition) is 4. The number of carbonyl (C=O) groups excluding carboxylic acids is 3. The summed E-state index contributed by atoms with van der Waals surface area (Å²) in [6.45, 7) is 7.57. The largest absolute Gasteiger partial charge is 0.463 e. The average Bonchev–Trinajstić information content (AvgIpc) is 2.40. The highest BCUT2D eigenvalue weighted by molar-refractivity contribution is 5.88. The summed E-state index contributed by atoms with van der Waals surface area (Å²) in [5.41, 5.74) is 0.466. The Balaban J connectivity index is 4.96. The van der Waals surface area contributed by atoms with Crippen LogP contribution in [-0.2, 0) is 19.1 Å². The van der Waals surface area contributed by atoms with E-state index in [-0.39, 0.29) is 30.4 Å². The molecule has 0 heterocycles. The molecule has 20 heavy (non-hydrogen) atoms. The molecule has 0 radical (unpaired) electrons. The van der Waals surface area contributed by atoms with Crippen molar-refractivity contribution in [1.29, 1.82) is 0 Å². The zero-order chi connectivity index (χ0) is 15.7. The van der Waals surface area contributed by atoms with E-state index in [2.05, 4.69) is 5.32 Å². The van der Waals surface area contributed by atoms with Crippen LogP contribution in [0.15, 0.2) is 11.6 Å². The third-order valence-electron chi connectivity index (χ3n) is 2.88. The number of ether oxygens (including phenoxy) is 1. The Hall–Kier alpha value is -1.85. The van der Waals surface area contributed by atoms with Gasteiger partial charge in [-0.25, -0.2) is 4.79 Å². The number of nitrogens with zero attached hydrogens (tertiary/aromatic N) is 1. The maximum atomic E-state index is 11.9. The summed E-state index contributed by atoms with van der Waals surface area (Å²) in [6, 6.07) is -0.236. The highest BCUT2D eigenvalue weighted by atomic mass is 16.5. The topological polar surface area (TPSA) is 75.7 Å². The van der Waals surface area contributed by atoms with E-state index >= 15 is 0 Å². The van der Waals surface area contributed by atoms with Crippen molar-refractivity contribution in [2.24, 2.45) is 5.92 Å². The number of nitrogens with one attached hydrogen (secondary N) is 1.